The number of hydrogen-bond acceptors (Lipinski definition) is 5. The molecule has 110 valence electrons. The Morgan fingerprint density at radius 2 is 1.95 bits per heavy atom. The van der Waals surface area contributed by atoms with Crippen LogP contribution in [0.15, 0.2) is 18.2 Å². The van der Waals surface area contributed by atoms with Gasteiger partial charge in [-0.2, -0.15) is 0 Å². The molecular weight excluding hydrogens is 258 g/mol. The molecule has 0 aromatic heterocycles. The summed E-state index contributed by atoms with van der Waals surface area (Å²) in [5.74, 6) is 1.27. The number of carbonyl (C=O) groups excluding carboxylic acids is 1. The predicted molar refractivity (Wildman–Crippen MR) is 75.1 cm³/mol. The summed E-state index contributed by atoms with van der Waals surface area (Å²) in [7, 11) is 1.39. The maximum Gasteiger partial charge on any atom is 0.322 e. The van der Waals surface area contributed by atoms with E-state index in [9.17, 15) is 4.79 Å². The second kappa shape index (κ2) is 6.61. The SMILES string of the molecule is COC(=O)[C@H](C)NC(C)c1ccc2c(c1)OCCCO2. The molecule has 0 spiro atoms. The highest BCUT2D eigenvalue weighted by atomic mass is 16.5. The minimum atomic E-state index is -0.356. The van der Waals surface area contributed by atoms with Crippen LogP contribution in [0.25, 0.3) is 0 Å². The number of methoxy groups -OCH3 is 1. The van der Waals surface area contributed by atoms with Gasteiger partial charge in [-0.25, -0.2) is 0 Å². The number of benzene rings is 1. The van der Waals surface area contributed by atoms with Gasteiger partial charge in [0.15, 0.2) is 11.5 Å². The van der Waals surface area contributed by atoms with E-state index in [2.05, 4.69) is 5.32 Å². The van der Waals surface area contributed by atoms with Gasteiger partial charge in [0.25, 0.3) is 0 Å². The summed E-state index contributed by atoms with van der Waals surface area (Å²) >= 11 is 0. The highest BCUT2D eigenvalue weighted by Crippen LogP contribution is 2.32. The Balaban J connectivity index is 2.08. The molecule has 0 saturated carbocycles. The predicted octanol–water partition coefficient (Wildman–Crippen LogP) is 2.06. The van der Waals surface area contributed by atoms with Gasteiger partial charge in [0, 0.05) is 12.5 Å². The van der Waals surface area contributed by atoms with Crippen LogP contribution in [0.3, 0.4) is 0 Å². The lowest BCUT2D eigenvalue weighted by Gasteiger charge is -2.19. The van der Waals surface area contributed by atoms with E-state index in [4.69, 9.17) is 14.2 Å². The first kappa shape index (κ1) is 14.7. The van der Waals surface area contributed by atoms with E-state index in [1.807, 2.05) is 25.1 Å². The summed E-state index contributed by atoms with van der Waals surface area (Å²) in [4.78, 5) is 11.4. The van der Waals surface area contributed by atoms with Crippen LogP contribution in [-0.4, -0.2) is 32.3 Å². The van der Waals surface area contributed by atoms with Crippen LogP contribution >= 0.6 is 0 Å². The van der Waals surface area contributed by atoms with Crippen molar-refractivity contribution >= 4 is 5.97 Å². The largest absolute Gasteiger partial charge is 0.490 e. The van der Waals surface area contributed by atoms with Crippen LogP contribution in [0.1, 0.15) is 31.9 Å². The molecule has 20 heavy (non-hydrogen) atoms. The van der Waals surface area contributed by atoms with E-state index >= 15 is 0 Å². The fourth-order valence-electron chi connectivity index (χ4n) is 2.17. The molecule has 2 rings (SSSR count). The summed E-state index contributed by atoms with van der Waals surface area (Å²) in [5.41, 5.74) is 1.05. The minimum Gasteiger partial charge on any atom is -0.490 e. The van der Waals surface area contributed by atoms with Crippen molar-refractivity contribution in [2.75, 3.05) is 20.3 Å². The molecule has 1 aliphatic rings. The van der Waals surface area contributed by atoms with E-state index < -0.39 is 0 Å². The summed E-state index contributed by atoms with van der Waals surface area (Å²) in [6, 6.07) is 5.52. The minimum absolute atomic E-state index is 0.0150. The van der Waals surface area contributed by atoms with E-state index in [1.165, 1.54) is 7.11 Å². The topological polar surface area (TPSA) is 56.8 Å². The molecule has 1 unspecified atom stereocenters. The molecule has 0 radical (unpaired) electrons. The quantitative estimate of drug-likeness (QED) is 0.855. The molecule has 0 saturated heterocycles. The molecule has 0 aliphatic carbocycles. The van der Waals surface area contributed by atoms with Crippen molar-refractivity contribution in [1.82, 2.24) is 5.32 Å². The van der Waals surface area contributed by atoms with E-state index in [-0.39, 0.29) is 18.1 Å². The molecule has 1 aromatic rings. The standard InChI is InChI=1S/C15H21NO4/c1-10(16-11(2)15(17)18-3)12-5-6-13-14(9-12)20-8-4-7-19-13/h5-6,9-11,16H,4,7-8H2,1-3H3/t10?,11-/m0/s1. The zero-order chi connectivity index (χ0) is 14.5. The van der Waals surface area contributed by atoms with Crippen LogP contribution in [0.4, 0.5) is 0 Å². The first-order valence-corrected chi connectivity index (χ1v) is 6.85. The van der Waals surface area contributed by atoms with Gasteiger partial charge in [-0.1, -0.05) is 6.07 Å². The van der Waals surface area contributed by atoms with Gasteiger partial charge in [-0.05, 0) is 31.5 Å². The van der Waals surface area contributed by atoms with E-state index in [1.54, 1.807) is 6.92 Å². The zero-order valence-electron chi connectivity index (χ0n) is 12.1. The second-order valence-corrected chi connectivity index (χ2v) is 4.89. The third kappa shape index (κ3) is 3.42. The van der Waals surface area contributed by atoms with Crippen molar-refractivity contribution in [1.29, 1.82) is 0 Å². The van der Waals surface area contributed by atoms with Gasteiger partial charge < -0.3 is 14.2 Å². The first-order valence-electron chi connectivity index (χ1n) is 6.85. The van der Waals surface area contributed by atoms with Gasteiger partial charge in [0.1, 0.15) is 6.04 Å². The molecule has 1 aliphatic heterocycles. The number of rotatable bonds is 4. The van der Waals surface area contributed by atoms with E-state index in [0.29, 0.717) is 13.2 Å². The van der Waals surface area contributed by atoms with Gasteiger partial charge in [-0.3, -0.25) is 10.1 Å². The van der Waals surface area contributed by atoms with Crippen molar-refractivity contribution in [2.45, 2.75) is 32.4 Å². The maximum atomic E-state index is 11.4. The van der Waals surface area contributed by atoms with Crippen LogP contribution in [0, 0.1) is 0 Å². The third-order valence-electron chi connectivity index (χ3n) is 3.33. The normalized spacial score (nSPS) is 16.9. The van der Waals surface area contributed by atoms with Gasteiger partial charge in [0.05, 0.1) is 20.3 Å². The Kier molecular flexibility index (Phi) is 4.84. The Morgan fingerprint density at radius 1 is 1.25 bits per heavy atom. The van der Waals surface area contributed by atoms with Crippen LogP contribution in [0.2, 0.25) is 0 Å². The average molecular weight is 279 g/mol. The van der Waals surface area contributed by atoms with Gasteiger partial charge >= 0.3 is 5.97 Å². The molecule has 1 N–H and O–H groups in total. The molecule has 0 fully saturated rings. The molecular formula is C15H21NO4. The van der Waals surface area contributed by atoms with Crippen molar-refractivity contribution in [3.8, 4) is 11.5 Å². The number of ether oxygens (including phenoxy) is 3. The monoisotopic (exact) mass is 279 g/mol. The highest BCUT2D eigenvalue weighted by molar-refractivity contribution is 5.75. The van der Waals surface area contributed by atoms with Crippen molar-refractivity contribution < 1.29 is 19.0 Å². The molecule has 1 heterocycles. The van der Waals surface area contributed by atoms with Crippen LogP contribution < -0.4 is 14.8 Å². The van der Waals surface area contributed by atoms with Crippen molar-refractivity contribution in [3.05, 3.63) is 23.8 Å². The average Bonchev–Trinajstić information content (AvgIpc) is 2.70. The molecule has 2 atom stereocenters. The Morgan fingerprint density at radius 3 is 2.65 bits per heavy atom. The zero-order valence-corrected chi connectivity index (χ0v) is 12.1. The Bertz CT molecular complexity index is 475. The molecule has 0 amide bonds. The first-order chi connectivity index (χ1) is 9.61. The fraction of sp³-hybridized carbons (Fsp3) is 0.533. The van der Waals surface area contributed by atoms with Gasteiger partial charge in [0.2, 0.25) is 0 Å². The third-order valence-corrected chi connectivity index (χ3v) is 3.33. The van der Waals surface area contributed by atoms with Crippen molar-refractivity contribution in [2.24, 2.45) is 0 Å². The molecule has 1 aromatic carbocycles. The summed E-state index contributed by atoms with van der Waals surface area (Å²) in [5, 5.41) is 3.20. The van der Waals surface area contributed by atoms with Crippen molar-refractivity contribution in [3.63, 3.8) is 0 Å². The lowest BCUT2D eigenvalue weighted by atomic mass is 10.1. The Labute approximate surface area is 119 Å². The lowest BCUT2D eigenvalue weighted by molar-refractivity contribution is -0.142. The molecule has 5 heteroatoms. The fourth-order valence-corrected chi connectivity index (χ4v) is 2.17. The summed E-state index contributed by atoms with van der Waals surface area (Å²) < 4.78 is 16.0. The Hall–Kier alpha value is -1.75. The van der Waals surface area contributed by atoms with E-state index in [0.717, 1.165) is 23.5 Å². The summed E-state index contributed by atoms with van der Waals surface area (Å²) in [6.07, 6.45) is 0.886. The lowest BCUT2D eigenvalue weighted by Crippen LogP contribution is -2.36. The van der Waals surface area contributed by atoms with Crippen LogP contribution in [0.5, 0.6) is 11.5 Å². The summed E-state index contributed by atoms with van der Waals surface area (Å²) in [6.45, 7) is 5.13. The number of nitrogens with one attached hydrogen (secondary N) is 1. The number of carbonyl (C=O) groups is 1. The second-order valence-electron chi connectivity index (χ2n) is 4.89. The smallest absolute Gasteiger partial charge is 0.322 e. The molecule has 5 nitrogen and oxygen atoms in total. The van der Waals surface area contributed by atoms with Crippen LogP contribution in [-0.2, 0) is 9.53 Å². The number of fused-ring (bicyclic) bond motifs is 1. The highest BCUT2D eigenvalue weighted by Gasteiger charge is 2.18. The number of esters is 1. The molecule has 0 bridgehead atoms. The van der Waals surface area contributed by atoms with Gasteiger partial charge in [-0.15, -0.1) is 0 Å². The number of hydrogen-bond donors (Lipinski definition) is 1. The maximum absolute atomic E-state index is 11.4.